The molecule has 7 heteroatoms. The first-order valence-electron chi connectivity index (χ1n) is 6.20. The minimum atomic E-state index is -3.34. The van der Waals surface area contributed by atoms with Gasteiger partial charge in [-0.2, -0.15) is 5.10 Å². The number of carbonyl (C=O) groups is 1. The molecule has 2 aromatic rings. The normalized spacial score (nSPS) is 11.6. The number of carboxylic acid groups (broad SMARTS) is 1. The van der Waals surface area contributed by atoms with Crippen molar-refractivity contribution < 1.29 is 18.3 Å². The van der Waals surface area contributed by atoms with Crippen molar-refractivity contribution in [2.75, 3.05) is 6.26 Å². The number of hydrogen-bond donors (Lipinski definition) is 1. The Kier molecular flexibility index (Phi) is 3.63. The van der Waals surface area contributed by atoms with E-state index in [4.69, 9.17) is 5.11 Å². The lowest BCUT2D eigenvalue weighted by Gasteiger charge is -2.11. The number of sulfone groups is 1. The second kappa shape index (κ2) is 5.00. The number of aryl methyl sites for hydroxylation is 2. The van der Waals surface area contributed by atoms with Crippen LogP contribution in [0.25, 0.3) is 11.3 Å². The molecule has 0 aliphatic carbocycles. The van der Waals surface area contributed by atoms with E-state index >= 15 is 0 Å². The zero-order valence-corrected chi connectivity index (χ0v) is 13.0. The lowest BCUT2D eigenvalue weighted by Crippen LogP contribution is -2.02. The first kappa shape index (κ1) is 15.2. The molecule has 0 atom stereocenters. The monoisotopic (exact) mass is 308 g/mol. The predicted octanol–water partition coefficient (Wildman–Crippen LogP) is 1.81. The SMILES string of the molecule is Cc1cc(S(C)(=O)=O)cc(-c2cc(C(=O)O)nn2C)c1C. The Hall–Kier alpha value is -2.15. The van der Waals surface area contributed by atoms with Crippen molar-refractivity contribution in [2.45, 2.75) is 18.7 Å². The number of benzene rings is 1. The fraction of sp³-hybridized carbons (Fsp3) is 0.286. The molecule has 6 nitrogen and oxygen atoms in total. The Morgan fingerprint density at radius 1 is 1.24 bits per heavy atom. The summed E-state index contributed by atoms with van der Waals surface area (Å²) in [7, 11) is -1.71. The molecule has 0 fully saturated rings. The molecular weight excluding hydrogens is 292 g/mol. The van der Waals surface area contributed by atoms with Crippen molar-refractivity contribution in [1.82, 2.24) is 9.78 Å². The van der Waals surface area contributed by atoms with Crippen LogP contribution in [-0.2, 0) is 16.9 Å². The van der Waals surface area contributed by atoms with E-state index in [9.17, 15) is 13.2 Å². The predicted molar refractivity (Wildman–Crippen MR) is 78.2 cm³/mol. The fourth-order valence-corrected chi connectivity index (χ4v) is 2.85. The largest absolute Gasteiger partial charge is 0.476 e. The summed E-state index contributed by atoms with van der Waals surface area (Å²) in [6.45, 7) is 3.69. The molecule has 1 aromatic heterocycles. The molecule has 2 rings (SSSR count). The van der Waals surface area contributed by atoms with Crippen LogP contribution < -0.4 is 0 Å². The maximum absolute atomic E-state index is 11.8. The lowest BCUT2D eigenvalue weighted by atomic mass is 10.0. The van der Waals surface area contributed by atoms with E-state index in [0.29, 0.717) is 11.3 Å². The van der Waals surface area contributed by atoms with Gasteiger partial charge in [-0.25, -0.2) is 13.2 Å². The van der Waals surface area contributed by atoms with Gasteiger partial charge in [-0.1, -0.05) is 0 Å². The Bertz CT molecular complexity index is 835. The molecule has 0 saturated carbocycles. The lowest BCUT2D eigenvalue weighted by molar-refractivity contribution is 0.0689. The Balaban J connectivity index is 2.74. The highest BCUT2D eigenvalue weighted by atomic mass is 32.2. The molecule has 1 aromatic carbocycles. The molecule has 0 unspecified atom stereocenters. The van der Waals surface area contributed by atoms with Gasteiger partial charge >= 0.3 is 5.97 Å². The fourth-order valence-electron chi connectivity index (χ4n) is 2.13. The van der Waals surface area contributed by atoms with Gasteiger partial charge in [0.1, 0.15) is 0 Å². The highest BCUT2D eigenvalue weighted by molar-refractivity contribution is 7.90. The third kappa shape index (κ3) is 2.82. The first-order valence-corrected chi connectivity index (χ1v) is 8.09. The second-order valence-corrected chi connectivity index (χ2v) is 7.04. The second-order valence-electron chi connectivity index (χ2n) is 5.03. The van der Waals surface area contributed by atoms with Gasteiger partial charge in [-0.3, -0.25) is 4.68 Å². The van der Waals surface area contributed by atoms with E-state index < -0.39 is 15.8 Å². The summed E-state index contributed by atoms with van der Waals surface area (Å²) in [6.07, 6.45) is 1.15. The molecule has 0 spiro atoms. The Labute approximate surface area is 123 Å². The van der Waals surface area contributed by atoms with Crippen LogP contribution in [0.1, 0.15) is 21.6 Å². The standard InChI is InChI=1S/C14H16N2O4S/c1-8-5-10(21(4,19)20)6-11(9(8)2)13-7-12(14(17)18)15-16(13)3/h5-7H,1-4H3,(H,17,18). The summed E-state index contributed by atoms with van der Waals surface area (Å²) in [5.74, 6) is -1.12. The van der Waals surface area contributed by atoms with Crippen molar-refractivity contribution in [2.24, 2.45) is 7.05 Å². The summed E-state index contributed by atoms with van der Waals surface area (Å²) in [5, 5.41) is 12.9. The quantitative estimate of drug-likeness (QED) is 0.934. The van der Waals surface area contributed by atoms with E-state index in [2.05, 4.69) is 5.10 Å². The summed E-state index contributed by atoms with van der Waals surface area (Å²) < 4.78 is 25.0. The van der Waals surface area contributed by atoms with Gasteiger partial charge in [0.2, 0.25) is 0 Å². The molecule has 0 amide bonds. The van der Waals surface area contributed by atoms with Gasteiger partial charge in [0.05, 0.1) is 10.6 Å². The maximum atomic E-state index is 11.8. The zero-order valence-electron chi connectivity index (χ0n) is 12.2. The highest BCUT2D eigenvalue weighted by Crippen LogP contribution is 2.29. The third-order valence-corrected chi connectivity index (χ3v) is 4.54. The summed E-state index contributed by atoms with van der Waals surface area (Å²) >= 11 is 0. The molecule has 1 N–H and O–H groups in total. The van der Waals surface area contributed by atoms with Gasteiger partial charge < -0.3 is 5.11 Å². The van der Waals surface area contributed by atoms with Crippen LogP contribution in [0.4, 0.5) is 0 Å². The molecular formula is C14H16N2O4S. The average Bonchev–Trinajstić information content (AvgIpc) is 2.73. The summed E-state index contributed by atoms with van der Waals surface area (Å²) in [4.78, 5) is 11.2. The molecule has 0 saturated heterocycles. The number of aromatic nitrogens is 2. The van der Waals surface area contributed by atoms with Crippen LogP contribution in [0.15, 0.2) is 23.1 Å². The summed E-state index contributed by atoms with van der Waals surface area (Å²) in [5.41, 5.74) is 2.87. The molecule has 0 aliphatic heterocycles. The minimum absolute atomic E-state index is 0.0747. The number of carboxylic acids is 1. The van der Waals surface area contributed by atoms with Crippen LogP contribution in [0.2, 0.25) is 0 Å². The van der Waals surface area contributed by atoms with Gasteiger partial charge in [0.25, 0.3) is 0 Å². The van der Waals surface area contributed by atoms with Crippen LogP contribution in [0.3, 0.4) is 0 Å². The summed E-state index contributed by atoms with van der Waals surface area (Å²) in [6, 6.07) is 4.61. The Morgan fingerprint density at radius 2 is 1.86 bits per heavy atom. The van der Waals surface area contributed by atoms with Crippen molar-refractivity contribution in [3.8, 4) is 11.3 Å². The number of rotatable bonds is 3. The van der Waals surface area contributed by atoms with Gasteiger partial charge in [-0.15, -0.1) is 0 Å². The van der Waals surface area contributed by atoms with Crippen molar-refractivity contribution >= 4 is 15.8 Å². The molecule has 0 aliphatic rings. The van der Waals surface area contributed by atoms with Gasteiger partial charge in [-0.05, 0) is 43.2 Å². The number of hydrogen-bond acceptors (Lipinski definition) is 4. The number of nitrogens with zero attached hydrogens (tertiary/aromatic N) is 2. The van der Waals surface area contributed by atoms with E-state index in [1.54, 1.807) is 19.2 Å². The van der Waals surface area contributed by atoms with Crippen molar-refractivity contribution in [3.05, 3.63) is 35.0 Å². The zero-order chi connectivity index (χ0) is 15.9. The minimum Gasteiger partial charge on any atom is -0.476 e. The smallest absolute Gasteiger partial charge is 0.356 e. The third-order valence-electron chi connectivity index (χ3n) is 3.44. The van der Waals surface area contributed by atoms with Crippen molar-refractivity contribution in [3.63, 3.8) is 0 Å². The Morgan fingerprint density at radius 3 is 2.33 bits per heavy atom. The molecule has 21 heavy (non-hydrogen) atoms. The van der Waals surface area contributed by atoms with E-state index in [0.717, 1.165) is 17.4 Å². The maximum Gasteiger partial charge on any atom is 0.356 e. The van der Waals surface area contributed by atoms with Crippen LogP contribution in [0, 0.1) is 13.8 Å². The van der Waals surface area contributed by atoms with Crippen LogP contribution >= 0.6 is 0 Å². The van der Waals surface area contributed by atoms with E-state index in [1.165, 1.54) is 10.7 Å². The van der Waals surface area contributed by atoms with Crippen molar-refractivity contribution in [1.29, 1.82) is 0 Å². The molecule has 0 radical (unpaired) electrons. The molecule has 112 valence electrons. The average molecular weight is 308 g/mol. The van der Waals surface area contributed by atoms with Crippen LogP contribution in [-0.4, -0.2) is 35.5 Å². The molecule has 0 bridgehead atoms. The first-order chi connectivity index (χ1) is 9.61. The van der Waals surface area contributed by atoms with Gasteiger partial charge in [0, 0.05) is 18.9 Å². The number of aromatic carboxylic acids is 1. The van der Waals surface area contributed by atoms with E-state index in [-0.39, 0.29) is 10.6 Å². The van der Waals surface area contributed by atoms with E-state index in [1.807, 2.05) is 13.8 Å². The van der Waals surface area contributed by atoms with Gasteiger partial charge in [0.15, 0.2) is 15.5 Å². The molecule has 1 heterocycles. The van der Waals surface area contributed by atoms with Crippen LogP contribution in [0.5, 0.6) is 0 Å². The topological polar surface area (TPSA) is 89.3 Å². The highest BCUT2D eigenvalue weighted by Gasteiger charge is 2.18.